The first-order valence-electron chi connectivity index (χ1n) is 4.93. The molecule has 0 aliphatic rings. The molecule has 0 fully saturated rings. The van der Waals surface area contributed by atoms with Crippen molar-refractivity contribution in [3.05, 3.63) is 43.8 Å². The predicted molar refractivity (Wildman–Crippen MR) is 75.6 cm³/mol. The molecule has 1 aromatic heterocycles. The number of carboxylic acids is 1. The van der Waals surface area contributed by atoms with Gasteiger partial charge in [-0.2, -0.15) is 0 Å². The summed E-state index contributed by atoms with van der Waals surface area (Å²) in [5.41, 5.74) is 1.58. The van der Waals surface area contributed by atoms with Crippen molar-refractivity contribution in [3.8, 4) is 0 Å². The Labute approximate surface area is 121 Å². The van der Waals surface area contributed by atoms with Crippen LogP contribution in [0.1, 0.15) is 15.5 Å². The van der Waals surface area contributed by atoms with Gasteiger partial charge in [0.1, 0.15) is 0 Å². The number of thiazole rings is 1. The Kier molecular flexibility index (Phi) is 4.21. The number of halogens is 2. The summed E-state index contributed by atoms with van der Waals surface area (Å²) in [6, 6.07) is 5.47. The van der Waals surface area contributed by atoms with Gasteiger partial charge >= 0.3 is 5.97 Å². The number of carboxylic acid groups (broad SMARTS) is 1. The van der Waals surface area contributed by atoms with Crippen molar-refractivity contribution in [1.29, 1.82) is 0 Å². The first kappa shape index (κ1) is 13.3. The SMILES string of the molecule is O=C(O)c1nc(CNc2ccc(Cl)c(Br)c2)cs1. The van der Waals surface area contributed by atoms with E-state index in [2.05, 4.69) is 26.2 Å². The van der Waals surface area contributed by atoms with Gasteiger partial charge in [0.2, 0.25) is 5.01 Å². The second-order valence-corrected chi connectivity index (χ2v) is 5.55. The summed E-state index contributed by atoms with van der Waals surface area (Å²) in [6.07, 6.45) is 0. The van der Waals surface area contributed by atoms with E-state index >= 15 is 0 Å². The summed E-state index contributed by atoms with van der Waals surface area (Å²) in [5.74, 6) is -1.000. The van der Waals surface area contributed by atoms with Crippen LogP contribution in [0.5, 0.6) is 0 Å². The van der Waals surface area contributed by atoms with Gasteiger partial charge in [-0.15, -0.1) is 11.3 Å². The highest BCUT2D eigenvalue weighted by atomic mass is 79.9. The van der Waals surface area contributed by atoms with E-state index in [0.717, 1.165) is 21.5 Å². The number of nitrogens with one attached hydrogen (secondary N) is 1. The highest BCUT2D eigenvalue weighted by Crippen LogP contribution is 2.25. The standard InChI is InChI=1S/C11H8BrClN2O2S/c12-8-3-6(1-2-9(8)13)14-4-7-5-18-10(15-7)11(16)17/h1-3,5,14H,4H2,(H,16,17). The van der Waals surface area contributed by atoms with E-state index in [1.807, 2.05) is 12.1 Å². The average molecular weight is 348 g/mol. The second-order valence-electron chi connectivity index (χ2n) is 3.43. The number of benzene rings is 1. The lowest BCUT2D eigenvalue weighted by molar-refractivity contribution is 0.0696. The molecule has 0 spiro atoms. The largest absolute Gasteiger partial charge is 0.476 e. The van der Waals surface area contributed by atoms with Crippen molar-refractivity contribution in [2.75, 3.05) is 5.32 Å². The highest BCUT2D eigenvalue weighted by Gasteiger charge is 2.08. The molecule has 18 heavy (non-hydrogen) atoms. The van der Waals surface area contributed by atoms with Crippen LogP contribution < -0.4 is 5.32 Å². The normalized spacial score (nSPS) is 10.3. The van der Waals surface area contributed by atoms with Gasteiger partial charge in [-0.3, -0.25) is 0 Å². The molecule has 0 atom stereocenters. The van der Waals surface area contributed by atoms with Gasteiger partial charge in [-0.25, -0.2) is 9.78 Å². The Morgan fingerprint density at radius 1 is 1.56 bits per heavy atom. The maximum Gasteiger partial charge on any atom is 0.365 e. The lowest BCUT2D eigenvalue weighted by Gasteiger charge is -2.05. The quantitative estimate of drug-likeness (QED) is 0.881. The fourth-order valence-corrected chi connectivity index (χ4v) is 2.44. The number of aromatic nitrogens is 1. The predicted octanol–water partition coefficient (Wildman–Crippen LogP) is 3.87. The Bertz CT molecular complexity index is 588. The molecule has 0 unspecified atom stereocenters. The molecule has 0 saturated heterocycles. The number of hydrogen-bond acceptors (Lipinski definition) is 4. The third-order valence-electron chi connectivity index (χ3n) is 2.13. The maximum absolute atomic E-state index is 10.7. The smallest absolute Gasteiger partial charge is 0.365 e. The molecule has 94 valence electrons. The molecule has 4 nitrogen and oxygen atoms in total. The fourth-order valence-electron chi connectivity index (χ4n) is 1.29. The first-order chi connectivity index (χ1) is 8.56. The van der Waals surface area contributed by atoms with Crippen molar-refractivity contribution >= 4 is 50.5 Å². The molecule has 1 heterocycles. The van der Waals surface area contributed by atoms with Crippen molar-refractivity contribution in [2.45, 2.75) is 6.54 Å². The molecular formula is C11H8BrClN2O2S. The van der Waals surface area contributed by atoms with Crippen LogP contribution in [-0.2, 0) is 6.54 Å². The van der Waals surface area contributed by atoms with Crippen LogP contribution in [0.2, 0.25) is 5.02 Å². The van der Waals surface area contributed by atoms with E-state index in [1.165, 1.54) is 0 Å². The Balaban J connectivity index is 2.02. The number of carbonyl (C=O) groups is 1. The van der Waals surface area contributed by atoms with Crippen molar-refractivity contribution in [3.63, 3.8) is 0 Å². The highest BCUT2D eigenvalue weighted by molar-refractivity contribution is 9.10. The molecule has 0 aliphatic heterocycles. The molecule has 0 amide bonds. The Morgan fingerprint density at radius 2 is 2.33 bits per heavy atom. The van der Waals surface area contributed by atoms with Crippen LogP contribution in [0.15, 0.2) is 28.1 Å². The summed E-state index contributed by atoms with van der Waals surface area (Å²) < 4.78 is 0.804. The number of anilines is 1. The van der Waals surface area contributed by atoms with Crippen molar-refractivity contribution in [2.24, 2.45) is 0 Å². The van der Waals surface area contributed by atoms with E-state index < -0.39 is 5.97 Å². The first-order valence-corrected chi connectivity index (χ1v) is 6.98. The molecule has 2 aromatic rings. The van der Waals surface area contributed by atoms with Crippen LogP contribution in [-0.4, -0.2) is 16.1 Å². The molecular weight excluding hydrogens is 340 g/mol. The van der Waals surface area contributed by atoms with Crippen LogP contribution in [0.4, 0.5) is 5.69 Å². The number of nitrogens with zero attached hydrogens (tertiary/aromatic N) is 1. The molecule has 1 aromatic carbocycles. The fraction of sp³-hybridized carbons (Fsp3) is 0.0909. The lowest BCUT2D eigenvalue weighted by Crippen LogP contribution is -2.01. The van der Waals surface area contributed by atoms with E-state index in [-0.39, 0.29) is 5.01 Å². The van der Waals surface area contributed by atoms with Gasteiger partial charge in [0.15, 0.2) is 0 Å². The zero-order chi connectivity index (χ0) is 13.1. The minimum Gasteiger partial charge on any atom is -0.476 e. The average Bonchev–Trinajstić information content (AvgIpc) is 2.79. The molecule has 0 aliphatic carbocycles. The summed E-state index contributed by atoms with van der Waals surface area (Å²) >= 11 is 10.3. The molecule has 2 N–H and O–H groups in total. The molecule has 2 rings (SSSR count). The van der Waals surface area contributed by atoms with Gasteiger partial charge in [-0.05, 0) is 34.1 Å². The van der Waals surface area contributed by atoms with E-state index in [4.69, 9.17) is 16.7 Å². The molecule has 7 heteroatoms. The summed E-state index contributed by atoms with van der Waals surface area (Å²) in [4.78, 5) is 14.7. The van der Waals surface area contributed by atoms with Crippen molar-refractivity contribution < 1.29 is 9.90 Å². The minimum absolute atomic E-state index is 0.101. The summed E-state index contributed by atoms with van der Waals surface area (Å²) in [5, 5.41) is 14.4. The van der Waals surface area contributed by atoms with Gasteiger partial charge in [0, 0.05) is 15.5 Å². The minimum atomic E-state index is -1.000. The number of aromatic carboxylic acids is 1. The van der Waals surface area contributed by atoms with Crippen LogP contribution in [0.25, 0.3) is 0 Å². The van der Waals surface area contributed by atoms with Crippen LogP contribution >= 0.6 is 38.9 Å². The summed E-state index contributed by atoms with van der Waals surface area (Å²) in [7, 11) is 0. The second kappa shape index (κ2) is 5.69. The van der Waals surface area contributed by atoms with Gasteiger partial charge in [0.05, 0.1) is 17.3 Å². The Morgan fingerprint density at radius 3 is 2.94 bits per heavy atom. The third-order valence-corrected chi connectivity index (χ3v) is 4.22. The zero-order valence-corrected chi connectivity index (χ0v) is 12.1. The third kappa shape index (κ3) is 3.22. The van der Waals surface area contributed by atoms with Crippen LogP contribution in [0, 0.1) is 0 Å². The van der Waals surface area contributed by atoms with E-state index in [1.54, 1.807) is 11.4 Å². The van der Waals surface area contributed by atoms with E-state index in [0.29, 0.717) is 17.3 Å². The van der Waals surface area contributed by atoms with Crippen LogP contribution in [0.3, 0.4) is 0 Å². The van der Waals surface area contributed by atoms with Gasteiger partial charge in [0.25, 0.3) is 0 Å². The van der Waals surface area contributed by atoms with Gasteiger partial charge < -0.3 is 10.4 Å². The monoisotopic (exact) mass is 346 g/mol. The summed E-state index contributed by atoms with van der Waals surface area (Å²) in [6.45, 7) is 0.470. The van der Waals surface area contributed by atoms with Gasteiger partial charge in [-0.1, -0.05) is 11.6 Å². The Hall–Kier alpha value is -1.11. The number of hydrogen-bond donors (Lipinski definition) is 2. The number of rotatable bonds is 4. The molecule has 0 bridgehead atoms. The van der Waals surface area contributed by atoms with Crippen molar-refractivity contribution in [1.82, 2.24) is 4.98 Å². The molecule has 0 saturated carbocycles. The van der Waals surface area contributed by atoms with E-state index in [9.17, 15) is 4.79 Å². The zero-order valence-electron chi connectivity index (χ0n) is 8.98. The topological polar surface area (TPSA) is 62.2 Å². The molecule has 0 radical (unpaired) electrons. The maximum atomic E-state index is 10.7. The lowest BCUT2D eigenvalue weighted by atomic mass is 10.3.